The molecule has 0 spiro atoms. The Morgan fingerprint density at radius 3 is 2.67 bits per heavy atom. The molecule has 0 radical (unpaired) electrons. The Hall–Kier alpha value is -1.27. The van der Waals surface area contributed by atoms with E-state index in [1.165, 1.54) is 18.2 Å². The molecule has 0 bridgehead atoms. The zero-order valence-corrected chi connectivity index (χ0v) is 10.0. The van der Waals surface area contributed by atoms with Gasteiger partial charge in [-0.3, -0.25) is 0 Å². The first-order valence-corrected chi connectivity index (χ1v) is 5.61. The maximum absolute atomic E-state index is 12.0. The summed E-state index contributed by atoms with van der Waals surface area (Å²) in [4.78, 5) is 0. The van der Waals surface area contributed by atoms with Gasteiger partial charge in [0.15, 0.2) is 0 Å². The molecule has 0 aromatic heterocycles. The molecule has 102 valence electrons. The van der Waals surface area contributed by atoms with Crippen LogP contribution in [0.4, 0.5) is 13.2 Å². The second-order valence-electron chi connectivity index (χ2n) is 3.80. The summed E-state index contributed by atoms with van der Waals surface area (Å²) in [5.41, 5.74) is 6.36. The highest BCUT2D eigenvalue weighted by Crippen LogP contribution is 2.25. The van der Waals surface area contributed by atoms with Gasteiger partial charge < -0.3 is 15.2 Å². The predicted octanol–water partition coefficient (Wildman–Crippen LogP) is 3.01. The molecule has 1 unspecified atom stereocenters. The van der Waals surface area contributed by atoms with Crippen molar-refractivity contribution in [3.8, 4) is 5.75 Å². The fourth-order valence-electron chi connectivity index (χ4n) is 1.39. The van der Waals surface area contributed by atoms with E-state index in [-0.39, 0.29) is 12.4 Å². The number of nitrogens with two attached hydrogens (primary N) is 1. The van der Waals surface area contributed by atoms with Gasteiger partial charge in [-0.1, -0.05) is 19.1 Å². The summed E-state index contributed by atoms with van der Waals surface area (Å²) < 4.78 is 45.2. The van der Waals surface area contributed by atoms with Crippen LogP contribution in [0.5, 0.6) is 5.75 Å². The SMILES string of the molecule is CCCOCC(N)c1cccc(OC(F)(F)F)c1. The quantitative estimate of drug-likeness (QED) is 0.802. The average molecular weight is 263 g/mol. The molecule has 1 atom stereocenters. The summed E-state index contributed by atoms with van der Waals surface area (Å²) in [5.74, 6) is -0.272. The van der Waals surface area contributed by atoms with Gasteiger partial charge in [-0.05, 0) is 24.1 Å². The van der Waals surface area contributed by atoms with Crippen molar-refractivity contribution in [2.24, 2.45) is 5.73 Å². The lowest BCUT2D eigenvalue weighted by molar-refractivity contribution is -0.274. The summed E-state index contributed by atoms with van der Waals surface area (Å²) >= 11 is 0. The third-order valence-electron chi connectivity index (χ3n) is 2.17. The van der Waals surface area contributed by atoms with Gasteiger partial charge in [0.25, 0.3) is 0 Å². The molecule has 0 aliphatic carbocycles. The first-order chi connectivity index (χ1) is 8.42. The molecule has 0 aliphatic heterocycles. The topological polar surface area (TPSA) is 44.5 Å². The second kappa shape index (κ2) is 6.61. The molecule has 18 heavy (non-hydrogen) atoms. The minimum absolute atomic E-state index is 0.267. The zero-order chi connectivity index (χ0) is 13.6. The molecule has 6 heteroatoms. The van der Waals surface area contributed by atoms with Crippen LogP contribution in [-0.4, -0.2) is 19.6 Å². The van der Waals surface area contributed by atoms with Gasteiger partial charge in [0, 0.05) is 6.61 Å². The van der Waals surface area contributed by atoms with E-state index in [2.05, 4.69) is 4.74 Å². The van der Waals surface area contributed by atoms with Crippen LogP contribution in [0, 0.1) is 0 Å². The van der Waals surface area contributed by atoms with E-state index < -0.39 is 12.4 Å². The normalized spacial score (nSPS) is 13.4. The standard InChI is InChI=1S/C12H16F3NO2/c1-2-6-17-8-11(16)9-4-3-5-10(7-9)18-12(13,14)15/h3-5,7,11H,2,6,8,16H2,1H3. The van der Waals surface area contributed by atoms with Crippen LogP contribution in [0.1, 0.15) is 24.9 Å². The van der Waals surface area contributed by atoms with Crippen molar-refractivity contribution >= 4 is 0 Å². The Morgan fingerprint density at radius 1 is 1.33 bits per heavy atom. The molecule has 0 fully saturated rings. The van der Waals surface area contributed by atoms with E-state index in [1.54, 1.807) is 6.07 Å². The van der Waals surface area contributed by atoms with Crippen molar-refractivity contribution in [3.05, 3.63) is 29.8 Å². The van der Waals surface area contributed by atoms with Gasteiger partial charge in [0.1, 0.15) is 5.75 Å². The number of hydrogen-bond donors (Lipinski definition) is 1. The van der Waals surface area contributed by atoms with E-state index in [0.717, 1.165) is 6.42 Å². The van der Waals surface area contributed by atoms with Gasteiger partial charge in [0.2, 0.25) is 0 Å². The van der Waals surface area contributed by atoms with Crippen LogP contribution in [0.3, 0.4) is 0 Å². The molecule has 1 rings (SSSR count). The summed E-state index contributed by atoms with van der Waals surface area (Å²) in [5, 5.41) is 0. The molecule has 0 heterocycles. The second-order valence-corrected chi connectivity index (χ2v) is 3.80. The van der Waals surface area contributed by atoms with Gasteiger partial charge in [-0.15, -0.1) is 13.2 Å². The highest BCUT2D eigenvalue weighted by Gasteiger charge is 2.31. The molecule has 0 saturated carbocycles. The first kappa shape index (κ1) is 14.8. The molecular weight excluding hydrogens is 247 g/mol. The van der Waals surface area contributed by atoms with Gasteiger partial charge in [-0.2, -0.15) is 0 Å². The number of benzene rings is 1. The number of alkyl halides is 3. The van der Waals surface area contributed by atoms with Crippen LogP contribution in [-0.2, 0) is 4.74 Å². The highest BCUT2D eigenvalue weighted by molar-refractivity contribution is 5.30. The zero-order valence-electron chi connectivity index (χ0n) is 10.0. The van der Waals surface area contributed by atoms with Crippen molar-refractivity contribution in [2.45, 2.75) is 25.7 Å². The third-order valence-corrected chi connectivity index (χ3v) is 2.17. The van der Waals surface area contributed by atoms with Crippen LogP contribution in [0.2, 0.25) is 0 Å². The number of hydrogen-bond acceptors (Lipinski definition) is 3. The number of halogens is 3. The van der Waals surface area contributed by atoms with Gasteiger partial charge in [0.05, 0.1) is 12.6 Å². The van der Waals surface area contributed by atoms with Crippen molar-refractivity contribution < 1.29 is 22.6 Å². The van der Waals surface area contributed by atoms with Crippen molar-refractivity contribution in [1.29, 1.82) is 0 Å². The van der Waals surface area contributed by atoms with Crippen molar-refractivity contribution in [3.63, 3.8) is 0 Å². The maximum atomic E-state index is 12.0. The Morgan fingerprint density at radius 2 is 2.06 bits per heavy atom. The Kier molecular flexibility index (Phi) is 5.43. The van der Waals surface area contributed by atoms with Crippen LogP contribution in [0.15, 0.2) is 24.3 Å². The van der Waals surface area contributed by atoms with E-state index in [4.69, 9.17) is 10.5 Å². The molecule has 1 aromatic carbocycles. The lowest BCUT2D eigenvalue weighted by atomic mass is 10.1. The summed E-state index contributed by atoms with van der Waals surface area (Å²) in [6, 6.07) is 5.15. The molecule has 0 aliphatic rings. The smallest absolute Gasteiger partial charge is 0.406 e. The highest BCUT2D eigenvalue weighted by atomic mass is 19.4. The predicted molar refractivity (Wildman–Crippen MR) is 61.2 cm³/mol. The molecule has 0 amide bonds. The molecular formula is C12H16F3NO2. The molecule has 3 nitrogen and oxygen atoms in total. The monoisotopic (exact) mass is 263 g/mol. The summed E-state index contributed by atoms with van der Waals surface area (Å²) in [6.45, 7) is 2.80. The molecule has 2 N–H and O–H groups in total. The summed E-state index contributed by atoms with van der Waals surface area (Å²) in [6.07, 6.45) is -3.83. The van der Waals surface area contributed by atoms with Crippen LogP contribution >= 0.6 is 0 Å². The minimum atomic E-state index is -4.69. The fourth-order valence-corrected chi connectivity index (χ4v) is 1.39. The lowest BCUT2D eigenvalue weighted by Crippen LogP contribution is -2.19. The Bertz CT molecular complexity index is 369. The van der Waals surface area contributed by atoms with E-state index in [9.17, 15) is 13.2 Å². The van der Waals surface area contributed by atoms with Crippen molar-refractivity contribution in [2.75, 3.05) is 13.2 Å². The summed E-state index contributed by atoms with van der Waals surface area (Å²) in [7, 11) is 0. The van der Waals surface area contributed by atoms with Crippen LogP contribution < -0.4 is 10.5 Å². The Labute approximate surface area is 104 Å². The maximum Gasteiger partial charge on any atom is 0.573 e. The average Bonchev–Trinajstić information content (AvgIpc) is 2.27. The van der Waals surface area contributed by atoms with E-state index in [1.807, 2.05) is 6.92 Å². The van der Waals surface area contributed by atoms with Gasteiger partial charge >= 0.3 is 6.36 Å². The molecule has 0 saturated heterocycles. The Balaban J connectivity index is 2.63. The fraction of sp³-hybridized carbons (Fsp3) is 0.500. The lowest BCUT2D eigenvalue weighted by Gasteiger charge is -2.14. The third kappa shape index (κ3) is 5.37. The van der Waals surface area contributed by atoms with E-state index >= 15 is 0 Å². The minimum Gasteiger partial charge on any atom is -0.406 e. The van der Waals surface area contributed by atoms with E-state index in [0.29, 0.717) is 12.2 Å². The number of rotatable bonds is 6. The number of ether oxygens (including phenoxy) is 2. The van der Waals surface area contributed by atoms with Gasteiger partial charge in [-0.25, -0.2) is 0 Å². The first-order valence-electron chi connectivity index (χ1n) is 5.61. The van der Waals surface area contributed by atoms with Crippen LogP contribution in [0.25, 0.3) is 0 Å². The molecule has 1 aromatic rings. The largest absolute Gasteiger partial charge is 0.573 e. The van der Waals surface area contributed by atoms with Crippen molar-refractivity contribution in [1.82, 2.24) is 0 Å².